The van der Waals surface area contributed by atoms with Gasteiger partial charge in [0.05, 0.1) is 0 Å². The number of rotatable bonds is 7. The summed E-state index contributed by atoms with van der Waals surface area (Å²) < 4.78 is 1.00. The maximum absolute atomic E-state index is 10.6. The molecule has 0 aliphatic carbocycles. The second-order valence-corrected chi connectivity index (χ2v) is 6.12. The molecule has 0 saturated heterocycles. The first-order valence-corrected chi connectivity index (χ1v) is 7.47. The Labute approximate surface area is 127 Å². The smallest absolute Gasteiger partial charge is 0.303 e. The number of nitrogens with zero attached hydrogens (tertiary/aromatic N) is 1. The van der Waals surface area contributed by atoms with Crippen LogP contribution in [0.3, 0.4) is 0 Å². The Bertz CT molecular complexity index is 437. The predicted molar refractivity (Wildman–Crippen MR) is 81.6 cm³/mol. The monoisotopic (exact) mass is 347 g/mol. The van der Waals surface area contributed by atoms with Gasteiger partial charge in [-0.3, -0.25) is 9.69 Å². The van der Waals surface area contributed by atoms with Gasteiger partial charge >= 0.3 is 5.97 Å². The molecule has 0 unspecified atom stereocenters. The van der Waals surface area contributed by atoms with Crippen molar-refractivity contribution >= 4 is 33.5 Å². The normalized spacial score (nSPS) is 11.3. The van der Waals surface area contributed by atoms with E-state index in [0.29, 0.717) is 12.5 Å². The highest BCUT2D eigenvalue weighted by Gasteiger charge is 2.13. The standard InChI is InChI=1S/C14H19BrClNO2/c1-10(2)17(7-3-4-14(18)19)9-11-8-12(15)5-6-13(11)16/h5-6,8,10H,3-4,7,9H2,1-2H3,(H,18,19). The van der Waals surface area contributed by atoms with Crippen molar-refractivity contribution in [2.45, 2.75) is 39.3 Å². The van der Waals surface area contributed by atoms with Crippen molar-refractivity contribution in [3.05, 3.63) is 33.3 Å². The number of carbonyl (C=O) groups is 1. The Kier molecular flexibility index (Phi) is 6.83. The maximum Gasteiger partial charge on any atom is 0.303 e. The van der Waals surface area contributed by atoms with E-state index in [2.05, 4.69) is 34.7 Å². The summed E-state index contributed by atoms with van der Waals surface area (Å²) in [5.74, 6) is -0.746. The molecule has 0 aromatic heterocycles. The molecule has 1 aromatic rings. The lowest BCUT2D eigenvalue weighted by molar-refractivity contribution is -0.137. The Morgan fingerprint density at radius 2 is 2.16 bits per heavy atom. The summed E-state index contributed by atoms with van der Waals surface area (Å²) in [6.45, 7) is 5.70. The molecule has 0 radical (unpaired) electrons. The van der Waals surface area contributed by atoms with Crippen molar-refractivity contribution < 1.29 is 9.90 Å². The van der Waals surface area contributed by atoms with Crippen LogP contribution in [0.25, 0.3) is 0 Å². The van der Waals surface area contributed by atoms with Gasteiger partial charge < -0.3 is 5.11 Å². The van der Waals surface area contributed by atoms with Crippen LogP contribution in [0, 0.1) is 0 Å². The summed E-state index contributed by atoms with van der Waals surface area (Å²) in [5.41, 5.74) is 1.06. The first kappa shape index (κ1) is 16.5. The van der Waals surface area contributed by atoms with Gasteiger partial charge in [-0.2, -0.15) is 0 Å². The third-order valence-corrected chi connectivity index (χ3v) is 3.81. The maximum atomic E-state index is 10.6. The Hall–Kier alpha value is -0.580. The lowest BCUT2D eigenvalue weighted by Crippen LogP contribution is -2.31. The molecule has 0 bridgehead atoms. The lowest BCUT2D eigenvalue weighted by atomic mass is 10.1. The SMILES string of the molecule is CC(C)N(CCCC(=O)O)Cc1cc(Br)ccc1Cl. The van der Waals surface area contributed by atoms with E-state index in [0.717, 1.165) is 28.1 Å². The molecular weight excluding hydrogens is 330 g/mol. The number of benzene rings is 1. The van der Waals surface area contributed by atoms with Crippen LogP contribution in [0.1, 0.15) is 32.3 Å². The van der Waals surface area contributed by atoms with Gasteiger partial charge in [-0.15, -0.1) is 0 Å². The van der Waals surface area contributed by atoms with Crippen LogP contribution in [0.4, 0.5) is 0 Å². The van der Waals surface area contributed by atoms with Crippen molar-refractivity contribution in [1.82, 2.24) is 4.90 Å². The minimum absolute atomic E-state index is 0.204. The van der Waals surface area contributed by atoms with Crippen LogP contribution >= 0.6 is 27.5 Å². The largest absolute Gasteiger partial charge is 0.481 e. The van der Waals surface area contributed by atoms with Crippen LogP contribution in [0.5, 0.6) is 0 Å². The molecule has 5 heteroatoms. The van der Waals surface area contributed by atoms with E-state index in [1.807, 2.05) is 18.2 Å². The molecule has 19 heavy (non-hydrogen) atoms. The minimum atomic E-state index is -0.746. The van der Waals surface area contributed by atoms with Crippen LogP contribution in [0.2, 0.25) is 5.02 Å². The molecular formula is C14H19BrClNO2. The molecule has 0 spiro atoms. The van der Waals surface area contributed by atoms with Crippen molar-refractivity contribution in [3.63, 3.8) is 0 Å². The zero-order valence-corrected chi connectivity index (χ0v) is 13.5. The van der Waals surface area contributed by atoms with Crippen molar-refractivity contribution in [1.29, 1.82) is 0 Å². The van der Waals surface area contributed by atoms with Gasteiger partial charge in [0.2, 0.25) is 0 Å². The van der Waals surface area contributed by atoms with Crippen molar-refractivity contribution in [2.75, 3.05) is 6.54 Å². The number of hydrogen-bond donors (Lipinski definition) is 1. The Morgan fingerprint density at radius 1 is 1.47 bits per heavy atom. The summed E-state index contributed by atoms with van der Waals surface area (Å²) in [5, 5.41) is 9.43. The third kappa shape index (κ3) is 5.93. The fourth-order valence-electron chi connectivity index (χ4n) is 1.84. The molecule has 0 atom stereocenters. The van der Waals surface area contributed by atoms with Crippen LogP contribution in [-0.2, 0) is 11.3 Å². The summed E-state index contributed by atoms with van der Waals surface area (Å²) in [7, 11) is 0. The highest BCUT2D eigenvalue weighted by molar-refractivity contribution is 9.10. The van der Waals surface area contributed by atoms with E-state index in [-0.39, 0.29) is 6.42 Å². The van der Waals surface area contributed by atoms with Gasteiger partial charge in [-0.25, -0.2) is 0 Å². The highest BCUT2D eigenvalue weighted by atomic mass is 79.9. The molecule has 0 aliphatic heterocycles. The first-order chi connectivity index (χ1) is 8.90. The lowest BCUT2D eigenvalue weighted by Gasteiger charge is -2.26. The van der Waals surface area contributed by atoms with Crippen LogP contribution < -0.4 is 0 Å². The molecule has 1 rings (SSSR count). The number of carboxylic acids is 1. The molecule has 0 fully saturated rings. The molecule has 0 heterocycles. The average molecular weight is 349 g/mol. The summed E-state index contributed by atoms with van der Waals surface area (Å²) in [4.78, 5) is 12.8. The minimum Gasteiger partial charge on any atom is -0.481 e. The third-order valence-electron chi connectivity index (χ3n) is 2.95. The van der Waals surface area contributed by atoms with Gasteiger partial charge in [0.15, 0.2) is 0 Å². The van der Waals surface area contributed by atoms with Gasteiger partial charge in [0, 0.05) is 28.5 Å². The van der Waals surface area contributed by atoms with Gasteiger partial charge in [0.25, 0.3) is 0 Å². The second-order valence-electron chi connectivity index (χ2n) is 4.80. The summed E-state index contributed by atoms with van der Waals surface area (Å²) in [6, 6.07) is 6.14. The van der Waals surface area contributed by atoms with Crippen LogP contribution in [0.15, 0.2) is 22.7 Å². The topological polar surface area (TPSA) is 40.5 Å². The molecule has 0 aliphatic rings. The number of halogens is 2. The average Bonchev–Trinajstić information content (AvgIpc) is 2.31. The van der Waals surface area contributed by atoms with Gasteiger partial charge in [-0.05, 0) is 50.6 Å². The predicted octanol–water partition coefficient (Wildman–Crippen LogP) is 4.18. The van der Waals surface area contributed by atoms with E-state index in [1.165, 1.54) is 0 Å². The van der Waals surface area contributed by atoms with Gasteiger partial charge in [0.1, 0.15) is 0 Å². The molecule has 0 saturated carbocycles. The van der Waals surface area contributed by atoms with Crippen LogP contribution in [-0.4, -0.2) is 28.6 Å². The van der Waals surface area contributed by atoms with E-state index < -0.39 is 5.97 Å². The number of hydrogen-bond acceptors (Lipinski definition) is 2. The molecule has 106 valence electrons. The van der Waals surface area contributed by atoms with E-state index in [4.69, 9.17) is 16.7 Å². The summed E-state index contributed by atoms with van der Waals surface area (Å²) >= 11 is 9.63. The Morgan fingerprint density at radius 3 is 2.74 bits per heavy atom. The van der Waals surface area contributed by atoms with Gasteiger partial charge in [-0.1, -0.05) is 27.5 Å². The zero-order chi connectivity index (χ0) is 14.4. The number of aliphatic carboxylic acids is 1. The van der Waals surface area contributed by atoms with E-state index >= 15 is 0 Å². The quantitative estimate of drug-likeness (QED) is 0.803. The molecule has 0 amide bonds. The fraction of sp³-hybridized carbons (Fsp3) is 0.500. The zero-order valence-electron chi connectivity index (χ0n) is 11.2. The van der Waals surface area contributed by atoms with E-state index in [9.17, 15) is 4.79 Å². The molecule has 1 aromatic carbocycles. The van der Waals surface area contributed by atoms with E-state index in [1.54, 1.807) is 0 Å². The second kappa shape index (κ2) is 7.88. The fourth-order valence-corrected chi connectivity index (χ4v) is 2.42. The highest BCUT2D eigenvalue weighted by Crippen LogP contribution is 2.23. The number of carboxylic acid groups (broad SMARTS) is 1. The molecule has 3 nitrogen and oxygen atoms in total. The first-order valence-electron chi connectivity index (χ1n) is 6.30. The Balaban J connectivity index is 2.67. The molecule has 1 N–H and O–H groups in total. The van der Waals surface area contributed by atoms with Crippen molar-refractivity contribution in [2.24, 2.45) is 0 Å². The van der Waals surface area contributed by atoms with Crippen molar-refractivity contribution in [3.8, 4) is 0 Å². The summed E-state index contributed by atoms with van der Waals surface area (Å²) in [6.07, 6.45) is 0.856.